The van der Waals surface area contributed by atoms with Crippen LogP contribution in [0.25, 0.3) is 0 Å². The van der Waals surface area contributed by atoms with Crippen molar-refractivity contribution in [1.29, 1.82) is 0 Å². The summed E-state index contributed by atoms with van der Waals surface area (Å²) in [5.41, 5.74) is 3.89. The molecule has 3 aromatic carbocycles. The van der Waals surface area contributed by atoms with Crippen LogP contribution < -0.4 is 46.3 Å². The molecule has 6 aromatic heterocycles. The minimum Gasteiger partial charge on any atom is -0.464 e. The van der Waals surface area contributed by atoms with Crippen molar-refractivity contribution in [2.75, 3.05) is 0 Å². The first-order valence-corrected chi connectivity index (χ1v) is 24.1. The normalized spacial score (nSPS) is 11.0. The van der Waals surface area contributed by atoms with Crippen LogP contribution in [0.4, 0.5) is 0 Å². The lowest BCUT2D eigenvalue weighted by Gasteiger charge is -2.19. The van der Waals surface area contributed by atoms with E-state index in [9.17, 15) is 0 Å². The summed E-state index contributed by atoms with van der Waals surface area (Å²) >= 11 is 17.7. The van der Waals surface area contributed by atoms with Gasteiger partial charge in [-0.05, 0) is 126 Å². The lowest BCUT2D eigenvalue weighted by Crippen LogP contribution is -2.20. The monoisotopic (exact) mass is 856 g/mol. The predicted octanol–water partition coefficient (Wildman–Crippen LogP) is 10.9. The predicted molar refractivity (Wildman–Crippen MR) is 241 cm³/mol. The molecule has 270 valence electrons. The molecule has 0 aliphatic rings. The molecule has 0 saturated heterocycles. The van der Waals surface area contributed by atoms with Crippen molar-refractivity contribution in [1.82, 2.24) is 0 Å². The molecule has 0 atom stereocenters. The fraction of sp³-hybridized carbons (Fsp3) is 0.0233. The molecule has 11 heteroatoms. The quantitative estimate of drug-likeness (QED) is 0.136. The molecule has 0 saturated carbocycles. The van der Waals surface area contributed by atoms with Gasteiger partial charge in [-0.3, -0.25) is 0 Å². The summed E-state index contributed by atoms with van der Waals surface area (Å²) in [7, 11) is -1.71. The second kappa shape index (κ2) is 19.4. The van der Waals surface area contributed by atoms with Crippen LogP contribution in [-0.2, 0) is 0 Å². The Morgan fingerprint density at radius 2 is 0.741 bits per heavy atom. The first-order valence-electron chi connectivity index (χ1n) is 16.7. The highest BCUT2D eigenvalue weighted by Gasteiger charge is 2.24. The molecule has 54 heavy (non-hydrogen) atoms. The number of hydrogen-bond acceptors (Lipinski definition) is 6. The Kier molecular flexibility index (Phi) is 13.9. The Hall–Kier alpha value is -3.53. The van der Waals surface area contributed by atoms with E-state index in [1.54, 1.807) is 18.8 Å². The Labute approximate surface area is 341 Å². The smallest absolute Gasteiger partial charge is 0.140 e. The van der Waals surface area contributed by atoms with E-state index in [4.69, 9.17) is 36.5 Å². The molecule has 0 N–H and O–H groups in total. The number of aryl methyl sites for hydroxylation is 1. The molecule has 0 radical (unpaired) electrons. The third kappa shape index (κ3) is 10.0. The summed E-state index contributed by atoms with van der Waals surface area (Å²) in [6, 6.07) is 49.7. The molecule has 6 heterocycles. The first kappa shape index (κ1) is 38.7. The maximum Gasteiger partial charge on any atom is 0.140 e. The van der Waals surface area contributed by atoms with E-state index in [1.165, 1.54) is 35.3 Å². The lowest BCUT2D eigenvalue weighted by molar-refractivity contribution is 0.584. The van der Waals surface area contributed by atoms with Gasteiger partial charge in [0, 0.05) is 31.8 Å². The third-order valence-electron chi connectivity index (χ3n) is 7.82. The number of furan rings is 3. The number of hydrogen-bond donors (Lipinski definition) is 0. The Bertz CT molecular complexity index is 1970. The summed E-state index contributed by atoms with van der Waals surface area (Å²) < 4.78 is 20.9. The average molecular weight is 858 g/mol. The van der Waals surface area contributed by atoms with Gasteiger partial charge in [0.15, 0.2) is 0 Å². The van der Waals surface area contributed by atoms with E-state index >= 15 is 0 Å². The zero-order valence-electron chi connectivity index (χ0n) is 28.9. The van der Waals surface area contributed by atoms with Crippen LogP contribution in [0.3, 0.4) is 0 Å². The maximum absolute atomic E-state index is 6.04. The van der Waals surface area contributed by atoms with E-state index in [2.05, 4.69) is 108 Å². The van der Waals surface area contributed by atoms with Gasteiger partial charge in [0.25, 0.3) is 0 Å². The van der Waals surface area contributed by atoms with Crippen molar-refractivity contribution in [2.45, 2.75) is 6.92 Å². The zero-order chi connectivity index (χ0) is 37.1. The van der Waals surface area contributed by atoms with E-state index in [1.807, 2.05) is 94.7 Å². The number of rotatable bonds is 9. The molecule has 9 rings (SSSR count). The first-order chi connectivity index (χ1) is 26.5. The van der Waals surface area contributed by atoms with Crippen LogP contribution in [0, 0.1) is 6.92 Å². The Morgan fingerprint density at radius 3 is 1.04 bits per heavy atom. The van der Waals surface area contributed by atoms with Crippen molar-refractivity contribution in [3.8, 4) is 0 Å². The van der Waals surface area contributed by atoms with Gasteiger partial charge >= 0.3 is 0 Å². The largest absolute Gasteiger partial charge is 0.464 e. The molecule has 0 aliphatic carbocycles. The summed E-state index contributed by atoms with van der Waals surface area (Å²) in [4.78, 5) is 0. The number of benzene rings is 3. The van der Waals surface area contributed by atoms with Crippen molar-refractivity contribution in [3.63, 3.8) is 0 Å². The van der Waals surface area contributed by atoms with Crippen LogP contribution in [0.15, 0.2) is 194 Å². The molecule has 3 nitrogen and oxygen atoms in total. The maximum atomic E-state index is 6.04. The van der Waals surface area contributed by atoms with E-state index in [0.29, 0.717) is 0 Å². The number of thiophene rings is 3. The zero-order valence-corrected chi connectivity index (χ0v) is 35.5. The van der Waals surface area contributed by atoms with Crippen molar-refractivity contribution in [3.05, 3.63) is 196 Å². The van der Waals surface area contributed by atoms with Crippen LogP contribution in [-0.4, -0.2) is 0 Å². The molecule has 0 unspecified atom stereocenters. The van der Waals surface area contributed by atoms with Crippen LogP contribution in [0.2, 0.25) is 10.0 Å². The second-order valence-electron chi connectivity index (χ2n) is 11.5. The second-order valence-corrected chi connectivity index (χ2v) is 22.5. The van der Waals surface area contributed by atoms with Gasteiger partial charge in [-0.15, -0.1) is 34.0 Å². The Balaban J connectivity index is 0.000000127. The average Bonchev–Trinajstić information content (AvgIpc) is 4.05. The van der Waals surface area contributed by atoms with E-state index < -0.39 is 15.8 Å². The minimum atomic E-state index is -0.835. The number of halogens is 2. The highest BCUT2D eigenvalue weighted by atomic mass is 35.5. The van der Waals surface area contributed by atoms with Crippen LogP contribution >= 0.6 is 81.0 Å². The van der Waals surface area contributed by atoms with Gasteiger partial charge < -0.3 is 13.3 Å². The molecule has 0 bridgehead atoms. The summed E-state index contributed by atoms with van der Waals surface area (Å²) in [6.07, 6.45) is 4.99. The molecule has 0 spiro atoms. The third-order valence-corrected chi connectivity index (χ3v) is 19.2. The van der Waals surface area contributed by atoms with Gasteiger partial charge in [-0.25, -0.2) is 0 Å². The lowest BCUT2D eigenvalue weighted by atomic mass is 10.2. The molecular formula is C43H33Cl2O3P3S3. The fourth-order valence-corrected chi connectivity index (χ4v) is 16.5. The highest BCUT2D eigenvalue weighted by Crippen LogP contribution is 2.38. The minimum absolute atomic E-state index is 0.279. The summed E-state index contributed by atoms with van der Waals surface area (Å²) in [5.74, 6) is 0. The van der Waals surface area contributed by atoms with Gasteiger partial charge in [0.05, 0.1) is 18.8 Å². The molecule has 0 aliphatic heterocycles. The Morgan fingerprint density at radius 1 is 0.389 bits per heavy atom. The molecule has 0 fully saturated rings. The van der Waals surface area contributed by atoms with Gasteiger partial charge in [0.2, 0.25) is 0 Å². The van der Waals surface area contributed by atoms with E-state index in [-0.39, 0.29) is 7.92 Å². The van der Waals surface area contributed by atoms with Gasteiger partial charge in [0.1, 0.15) is 24.4 Å². The van der Waals surface area contributed by atoms with Gasteiger partial charge in [-0.1, -0.05) is 95.5 Å². The fourth-order valence-electron chi connectivity index (χ4n) is 5.36. The molecule has 9 aromatic rings. The van der Waals surface area contributed by atoms with Gasteiger partial charge in [-0.2, -0.15) is 0 Å². The van der Waals surface area contributed by atoms with Crippen molar-refractivity contribution >= 4 is 127 Å². The van der Waals surface area contributed by atoms with E-state index in [0.717, 1.165) is 26.5 Å². The van der Waals surface area contributed by atoms with Crippen LogP contribution in [0.1, 0.15) is 5.56 Å². The van der Waals surface area contributed by atoms with Crippen molar-refractivity contribution in [2.24, 2.45) is 0 Å². The molecular weight excluding hydrogens is 824 g/mol. The topological polar surface area (TPSA) is 39.4 Å². The standard InChI is InChI=1S/C19H15Cl2P.C12H9O3P.C12H9PS3/c1-14-2-8-17(9-3-14)22(18-10-4-15(20)5-11-18)19-12-6-16(21)7-13-19;1-4-10(13-7-1)16(11-5-2-8-14-11)12-6-3-9-15-12;1-4-10(14-7-1)13(11-5-2-8-15-11)12-6-3-9-16-12/h2-13H,1H3;2*1-9H. The SMILES string of the molecule is Cc1ccc(P(c2ccc(Cl)cc2)c2ccc(Cl)cc2)cc1.c1coc(P(c2ccco2)c2ccco2)c1.c1csc(P(c2cccs2)c2cccs2)c1. The summed E-state index contributed by atoms with van der Waals surface area (Å²) in [6.45, 7) is 2.11. The van der Waals surface area contributed by atoms with Crippen molar-refractivity contribution < 1.29 is 13.3 Å². The highest BCUT2D eigenvalue weighted by molar-refractivity contribution is 7.90. The van der Waals surface area contributed by atoms with Crippen LogP contribution in [0.5, 0.6) is 0 Å². The summed E-state index contributed by atoms with van der Waals surface area (Å²) in [5, 5.41) is 11.9. The molecule has 0 amide bonds.